The zero-order valence-electron chi connectivity index (χ0n) is 11.3. The van der Waals surface area contributed by atoms with Gasteiger partial charge in [0.1, 0.15) is 0 Å². The van der Waals surface area contributed by atoms with Crippen LogP contribution in [0.2, 0.25) is 0 Å². The van der Waals surface area contributed by atoms with Gasteiger partial charge in [-0.1, -0.05) is 19.3 Å². The Balaban J connectivity index is 2.03. The van der Waals surface area contributed by atoms with Crippen LogP contribution in [0.4, 0.5) is 0 Å². The zero-order chi connectivity index (χ0) is 13.0. The zero-order valence-corrected chi connectivity index (χ0v) is 11.3. The fourth-order valence-corrected chi connectivity index (χ4v) is 3.20. The molecule has 0 aromatic carbocycles. The molecule has 102 valence electrons. The number of amides is 2. The smallest absolute Gasteiger partial charge is 0.232 e. The Kier molecular flexibility index (Phi) is 4.75. The average Bonchev–Trinajstić information content (AvgIpc) is 2.40. The highest BCUT2D eigenvalue weighted by atomic mass is 16.2. The molecule has 0 aromatic heterocycles. The number of imide groups is 1. The van der Waals surface area contributed by atoms with Crippen LogP contribution < -0.4 is 5.32 Å². The van der Waals surface area contributed by atoms with Crippen LogP contribution in [0.25, 0.3) is 0 Å². The molecule has 0 atom stereocenters. The van der Waals surface area contributed by atoms with Crippen molar-refractivity contribution < 1.29 is 9.59 Å². The molecule has 1 aliphatic heterocycles. The van der Waals surface area contributed by atoms with Gasteiger partial charge in [0, 0.05) is 18.9 Å². The molecule has 1 heterocycles. The summed E-state index contributed by atoms with van der Waals surface area (Å²) >= 11 is 0. The van der Waals surface area contributed by atoms with E-state index in [-0.39, 0.29) is 23.8 Å². The lowest BCUT2D eigenvalue weighted by Crippen LogP contribution is -2.50. The monoisotopic (exact) mass is 252 g/mol. The first kappa shape index (κ1) is 13.5. The van der Waals surface area contributed by atoms with Crippen molar-refractivity contribution in [1.82, 2.24) is 10.2 Å². The van der Waals surface area contributed by atoms with Crippen molar-refractivity contribution in [1.29, 1.82) is 0 Å². The summed E-state index contributed by atoms with van der Waals surface area (Å²) in [6.45, 7) is 3.35. The number of hydrogen-bond acceptors (Lipinski definition) is 3. The van der Waals surface area contributed by atoms with Crippen LogP contribution in [0.3, 0.4) is 0 Å². The normalized spacial score (nSPS) is 22.7. The van der Waals surface area contributed by atoms with Crippen LogP contribution >= 0.6 is 0 Å². The van der Waals surface area contributed by atoms with Crippen molar-refractivity contribution in [3.8, 4) is 0 Å². The van der Waals surface area contributed by atoms with E-state index in [1.807, 2.05) is 0 Å². The molecule has 1 N–H and O–H groups in total. The minimum atomic E-state index is -0.0718. The van der Waals surface area contributed by atoms with Gasteiger partial charge in [0.15, 0.2) is 0 Å². The third-order valence-electron chi connectivity index (χ3n) is 4.20. The number of carbonyl (C=O) groups is 2. The van der Waals surface area contributed by atoms with Gasteiger partial charge in [-0.25, -0.2) is 0 Å². The fraction of sp³-hybridized carbons (Fsp3) is 0.857. The van der Waals surface area contributed by atoms with E-state index in [0.717, 1.165) is 51.6 Å². The summed E-state index contributed by atoms with van der Waals surface area (Å²) < 4.78 is 0. The Morgan fingerprint density at radius 2 is 1.61 bits per heavy atom. The van der Waals surface area contributed by atoms with E-state index < -0.39 is 0 Å². The lowest BCUT2D eigenvalue weighted by molar-refractivity contribution is -0.150. The van der Waals surface area contributed by atoms with E-state index in [1.165, 1.54) is 13.3 Å². The second kappa shape index (κ2) is 6.32. The third kappa shape index (κ3) is 3.10. The first-order chi connectivity index (χ1) is 8.70. The van der Waals surface area contributed by atoms with Crippen LogP contribution in [0.15, 0.2) is 0 Å². The number of nitrogens with zero attached hydrogens (tertiary/aromatic N) is 1. The van der Waals surface area contributed by atoms with E-state index in [2.05, 4.69) is 5.32 Å². The van der Waals surface area contributed by atoms with E-state index in [1.54, 1.807) is 4.90 Å². The van der Waals surface area contributed by atoms with Crippen LogP contribution in [-0.4, -0.2) is 35.8 Å². The number of carbonyl (C=O) groups excluding carboxylic acids is 2. The van der Waals surface area contributed by atoms with E-state index >= 15 is 0 Å². The predicted molar refractivity (Wildman–Crippen MR) is 70.0 cm³/mol. The van der Waals surface area contributed by atoms with Gasteiger partial charge in [-0.3, -0.25) is 14.5 Å². The Labute approximate surface area is 109 Å². The minimum absolute atomic E-state index is 0.0718. The molecule has 2 fully saturated rings. The van der Waals surface area contributed by atoms with Crippen LogP contribution in [-0.2, 0) is 9.59 Å². The lowest BCUT2D eigenvalue weighted by atomic mass is 9.87. The molecule has 4 heteroatoms. The number of nitrogens with one attached hydrogen (secondary N) is 1. The topological polar surface area (TPSA) is 49.4 Å². The van der Waals surface area contributed by atoms with Crippen LogP contribution in [0.1, 0.15) is 51.9 Å². The Morgan fingerprint density at radius 1 is 1.00 bits per heavy atom. The molecule has 1 saturated carbocycles. The van der Waals surface area contributed by atoms with E-state index in [9.17, 15) is 9.59 Å². The van der Waals surface area contributed by atoms with Gasteiger partial charge in [-0.05, 0) is 38.8 Å². The highest BCUT2D eigenvalue weighted by Gasteiger charge is 2.33. The van der Waals surface area contributed by atoms with Crippen LogP contribution in [0, 0.1) is 5.92 Å². The molecule has 0 spiro atoms. The molecule has 0 radical (unpaired) electrons. The quantitative estimate of drug-likeness (QED) is 0.813. The molecular weight excluding hydrogens is 228 g/mol. The lowest BCUT2D eigenvalue weighted by Gasteiger charge is -2.35. The molecule has 2 amide bonds. The second-order valence-electron chi connectivity index (χ2n) is 5.54. The fourth-order valence-electron chi connectivity index (χ4n) is 3.20. The molecule has 18 heavy (non-hydrogen) atoms. The summed E-state index contributed by atoms with van der Waals surface area (Å²) in [5.41, 5.74) is 0. The highest BCUT2D eigenvalue weighted by Crippen LogP contribution is 2.27. The van der Waals surface area contributed by atoms with Gasteiger partial charge in [0.2, 0.25) is 11.8 Å². The standard InChI is InChI=1S/C14H24N2O2/c1-11(17)16(13-7-9-15-10-8-13)14(18)12-5-3-2-4-6-12/h12-13,15H,2-10H2,1H3. The first-order valence-corrected chi connectivity index (χ1v) is 7.24. The molecule has 1 saturated heterocycles. The second-order valence-corrected chi connectivity index (χ2v) is 5.54. The maximum atomic E-state index is 12.5. The van der Waals surface area contributed by atoms with Crippen LogP contribution in [0.5, 0.6) is 0 Å². The Morgan fingerprint density at radius 3 is 2.17 bits per heavy atom. The average molecular weight is 252 g/mol. The molecule has 4 nitrogen and oxygen atoms in total. The largest absolute Gasteiger partial charge is 0.317 e. The number of rotatable bonds is 2. The van der Waals surface area contributed by atoms with Crippen molar-refractivity contribution in [2.45, 2.75) is 57.9 Å². The summed E-state index contributed by atoms with van der Waals surface area (Å²) in [6, 6.07) is 0.123. The van der Waals surface area contributed by atoms with Gasteiger partial charge < -0.3 is 5.32 Å². The Bertz CT molecular complexity index is 305. The van der Waals surface area contributed by atoms with Gasteiger partial charge in [-0.15, -0.1) is 0 Å². The van der Waals surface area contributed by atoms with Crippen molar-refractivity contribution in [2.75, 3.05) is 13.1 Å². The SMILES string of the molecule is CC(=O)N(C(=O)C1CCCCC1)C1CCNCC1. The molecule has 1 aliphatic carbocycles. The summed E-state index contributed by atoms with van der Waals surface area (Å²) in [5, 5.41) is 3.28. The van der Waals surface area contributed by atoms with Gasteiger partial charge in [0.25, 0.3) is 0 Å². The third-order valence-corrected chi connectivity index (χ3v) is 4.20. The highest BCUT2D eigenvalue weighted by molar-refractivity contribution is 5.95. The molecular formula is C14H24N2O2. The summed E-state index contributed by atoms with van der Waals surface area (Å²) in [7, 11) is 0. The maximum Gasteiger partial charge on any atom is 0.232 e. The van der Waals surface area contributed by atoms with Crippen molar-refractivity contribution in [2.24, 2.45) is 5.92 Å². The van der Waals surface area contributed by atoms with Crippen molar-refractivity contribution >= 4 is 11.8 Å². The molecule has 0 bridgehead atoms. The van der Waals surface area contributed by atoms with Gasteiger partial charge in [0.05, 0.1) is 0 Å². The van der Waals surface area contributed by atoms with Crippen molar-refractivity contribution in [3.05, 3.63) is 0 Å². The summed E-state index contributed by atoms with van der Waals surface area (Å²) in [5.74, 6) is 0.115. The summed E-state index contributed by atoms with van der Waals surface area (Å²) in [4.78, 5) is 25.9. The van der Waals surface area contributed by atoms with Crippen molar-refractivity contribution in [3.63, 3.8) is 0 Å². The predicted octanol–water partition coefficient (Wildman–Crippen LogP) is 1.69. The van der Waals surface area contributed by atoms with E-state index in [4.69, 9.17) is 0 Å². The first-order valence-electron chi connectivity index (χ1n) is 7.24. The molecule has 2 aliphatic rings. The van der Waals surface area contributed by atoms with E-state index in [0.29, 0.717) is 0 Å². The number of piperidine rings is 1. The van der Waals surface area contributed by atoms with Gasteiger partial charge in [-0.2, -0.15) is 0 Å². The maximum absolute atomic E-state index is 12.5. The Hall–Kier alpha value is -0.900. The minimum Gasteiger partial charge on any atom is -0.317 e. The van der Waals surface area contributed by atoms with Gasteiger partial charge >= 0.3 is 0 Å². The molecule has 0 aromatic rings. The molecule has 2 rings (SSSR count). The molecule has 0 unspecified atom stereocenters. The summed E-state index contributed by atoms with van der Waals surface area (Å²) in [6.07, 6.45) is 7.23. The number of hydrogen-bond donors (Lipinski definition) is 1.